The molecule has 2 nitrogen and oxygen atoms in total. The first-order valence-corrected chi connectivity index (χ1v) is 6.32. The molecule has 2 N–H and O–H groups in total. The summed E-state index contributed by atoms with van der Waals surface area (Å²) in [7, 11) is 0. The Hall–Kier alpha value is -0.440. The number of aliphatic hydroxyl groups is 1. The Balaban J connectivity index is 2.05. The minimum atomic E-state index is -0.261. The van der Waals surface area contributed by atoms with Crippen LogP contribution in [0.4, 0.5) is 5.69 Å². The zero-order valence-corrected chi connectivity index (χ0v) is 10.4. The normalized spacial score (nSPS) is 25.4. The average Bonchev–Trinajstić information content (AvgIpc) is 2.27. The van der Waals surface area contributed by atoms with Gasteiger partial charge in [-0.05, 0) is 31.0 Å². The van der Waals surface area contributed by atoms with E-state index in [4.69, 9.17) is 23.2 Å². The molecule has 1 aliphatic carbocycles. The van der Waals surface area contributed by atoms with Gasteiger partial charge in [0.15, 0.2) is 0 Å². The average molecular weight is 260 g/mol. The van der Waals surface area contributed by atoms with E-state index in [-0.39, 0.29) is 12.1 Å². The van der Waals surface area contributed by atoms with Gasteiger partial charge in [0.2, 0.25) is 0 Å². The fourth-order valence-electron chi connectivity index (χ4n) is 2.08. The maximum atomic E-state index is 9.83. The highest BCUT2D eigenvalue weighted by Crippen LogP contribution is 2.27. The molecule has 0 amide bonds. The molecule has 0 bridgehead atoms. The van der Waals surface area contributed by atoms with E-state index in [9.17, 15) is 5.11 Å². The Labute approximate surface area is 106 Å². The van der Waals surface area contributed by atoms with Crippen LogP contribution in [0.2, 0.25) is 10.0 Å². The molecule has 88 valence electrons. The van der Waals surface area contributed by atoms with Gasteiger partial charge in [-0.15, -0.1) is 0 Å². The summed E-state index contributed by atoms with van der Waals surface area (Å²) in [6.07, 6.45) is 3.89. The molecule has 2 atom stereocenters. The molecule has 0 aliphatic heterocycles. The van der Waals surface area contributed by atoms with E-state index in [1.54, 1.807) is 12.1 Å². The van der Waals surface area contributed by atoms with E-state index in [0.29, 0.717) is 10.0 Å². The van der Waals surface area contributed by atoms with Gasteiger partial charge >= 0.3 is 0 Å². The van der Waals surface area contributed by atoms with Gasteiger partial charge in [-0.2, -0.15) is 0 Å². The predicted molar refractivity (Wildman–Crippen MR) is 68.3 cm³/mol. The van der Waals surface area contributed by atoms with Crippen LogP contribution in [0.1, 0.15) is 25.7 Å². The van der Waals surface area contributed by atoms with Crippen molar-refractivity contribution in [3.05, 3.63) is 28.2 Å². The van der Waals surface area contributed by atoms with Crippen LogP contribution in [-0.2, 0) is 0 Å². The molecule has 1 aliphatic rings. The quantitative estimate of drug-likeness (QED) is 0.849. The van der Waals surface area contributed by atoms with Crippen LogP contribution in [0.25, 0.3) is 0 Å². The van der Waals surface area contributed by atoms with Crippen molar-refractivity contribution < 1.29 is 5.11 Å². The van der Waals surface area contributed by atoms with E-state index in [1.807, 2.05) is 6.07 Å². The van der Waals surface area contributed by atoms with Gasteiger partial charge in [0.1, 0.15) is 0 Å². The van der Waals surface area contributed by atoms with Crippen molar-refractivity contribution in [2.45, 2.75) is 37.8 Å². The van der Waals surface area contributed by atoms with Gasteiger partial charge in [-0.25, -0.2) is 0 Å². The molecule has 2 rings (SSSR count). The fourth-order valence-corrected chi connectivity index (χ4v) is 2.38. The maximum Gasteiger partial charge on any atom is 0.0741 e. The molecule has 0 spiro atoms. The second-order valence-corrected chi connectivity index (χ2v) is 5.05. The summed E-state index contributed by atoms with van der Waals surface area (Å²) in [5.74, 6) is 0. The number of aliphatic hydroxyl groups excluding tert-OH is 1. The maximum absolute atomic E-state index is 9.83. The van der Waals surface area contributed by atoms with Crippen molar-refractivity contribution in [2.75, 3.05) is 5.32 Å². The van der Waals surface area contributed by atoms with Crippen LogP contribution >= 0.6 is 23.2 Å². The molecule has 0 radical (unpaired) electrons. The topological polar surface area (TPSA) is 32.3 Å². The summed E-state index contributed by atoms with van der Waals surface area (Å²) < 4.78 is 0. The Morgan fingerprint density at radius 3 is 2.56 bits per heavy atom. The lowest BCUT2D eigenvalue weighted by Crippen LogP contribution is -2.36. The highest BCUT2D eigenvalue weighted by Gasteiger charge is 2.22. The third-order valence-corrected chi connectivity index (χ3v) is 3.74. The summed E-state index contributed by atoms with van der Waals surface area (Å²) >= 11 is 11.8. The Morgan fingerprint density at radius 2 is 1.88 bits per heavy atom. The van der Waals surface area contributed by atoms with Gasteiger partial charge in [-0.3, -0.25) is 0 Å². The number of halogens is 2. The SMILES string of the molecule is O[C@H]1CCCC[C@@H]1Nc1ccc(Cl)c(Cl)c1. The van der Waals surface area contributed by atoms with Crippen LogP contribution in [0.5, 0.6) is 0 Å². The smallest absolute Gasteiger partial charge is 0.0741 e. The lowest BCUT2D eigenvalue weighted by molar-refractivity contribution is 0.116. The van der Waals surface area contributed by atoms with Crippen LogP contribution in [0, 0.1) is 0 Å². The first kappa shape index (κ1) is 12.0. The number of benzene rings is 1. The molecule has 4 heteroatoms. The summed E-state index contributed by atoms with van der Waals surface area (Å²) in [4.78, 5) is 0. The molecule has 0 unspecified atom stereocenters. The predicted octanol–water partition coefficient (Wildman–Crippen LogP) is 3.71. The number of hydrogen-bond acceptors (Lipinski definition) is 2. The number of nitrogens with one attached hydrogen (secondary N) is 1. The highest BCUT2D eigenvalue weighted by atomic mass is 35.5. The molecule has 0 heterocycles. The van der Waals surface area contributed by atoms with Crippen LogP contribution in [0.15, 0.2) is 18.2 Å². The van der Waals surface area contributed by atoms with Gasteiger partial charge in [0.05, 0.1) is 22.2 Å². The van der Waals surface area contributed by atoms with Crippen molar-refractivity contribution in [1.29, 1.82) is 0 Å². The molecule has 1 fully saturated rings. The monoisotopic (exact) mass is 259 g/mol. The van der Waals surface area contributed by atoms with Crippen molar-refractivity contribution in [3.8, 4) is 0 Å². The van der Waals surface area contributed by atoms with E-state index in [0.717, 1.165) is 31.4 Å². The van der Waals surface area contributed by atoms with Crippen molar-refractivity contribution in [2.24, 2.45) is 0 Å². The third kappa shape index (κ3) is 2.82. The van der Waals surface area contributed by atoms with E-state index in [2.05, 4.69) is 5.32 Å². The lowest BCUT2D eigenvalue weighted by Gasteiger charge is -2.29. The summed E-state index contributed by atoms with van der Waals surface area (Å²) in [5.41, 5.74) is 0.917. The summed E-state index contributed by atoms with van der Waals surface area (Å²) in [6, 6.07) is 5.58. The Bertz CT molecular complexity index is 370. The summed E-state index contributed by atoms with van der Waals surface area (Å²) in [5, 5.41) is 14.2. The lowest BCUT2D eigenvalue weighted by atomic mass is 9.92. The summed E-state index contributed by atoms with van der Waals surface area (Å²) in [6.45, 7) is 0. The Morgan fingerprint density at radius 1 is 1.12 bits per heavy atom. The number of anilines is 1. The number of rotatable bonds is 2. The first-order chi connectivity index (χ1) is 7.66. The zero-order valence-electron chi connectivity index (χ0n) is 8.92. The van der Waals surface area contributed by atoms with Crippen LogP contribution < -0.4 is 5.32 Å². The molecule has 0 saturated heterocycles. The third-order valence-electron chi connectivity index (χ3n) is 3.00. The number of hydrogen-bond donors (Lipinski definition) is 2. The standard InChI is InChI=1S/C12H15Cl2NO/c13-9-6-5-8(7-10(9)14)15-11-3-1-2-4-12(11)16/h5-7,11-12,15-16H,1-4H2/t11-,12-/m0/s1. The van der Waals surface area contributed by atoms with E-state index >= 15 is 0 Å². The molecule has 0 aromatic heterocycles. The fraction of sp³-hybridized carbons (Fsp3) is 0.500. The van der Waals surface area contributed by atoms with Crippen molar-refractivity contribution >= 4 is 28.9 Å². The molecule has 1 saturated carbocycles. The van der Waals surface area contributed by atoms with Gasteiger partial charge in [-0.1, -0.05) is 36.0 Å². The molecule has 16 heavy (non-hydrogen) atoms. The van der Waals surface area contributed by atoms with Gasteiger partial charge in [0.25, 0.3) is 0 Å². The minimum Gasteiger partial charge on any atom is -0.391 e. The van der Waals surface area contributed by atoms with E-state index < -0.39 is 0 Å². The molecular weight excluding hydrogens is 245 g/mol. The minimum absolute atomic E-state index is 0.131. The molecule has 1 aromatic rings. The molecule has 1 aromatic carbocycles. The second-order valence-electron chi connectivity index (χ2n) is 4.23. The largest absolute Gasteiger partial charge is 0.391 e. The first-order valence-electron chi connectivity index (χ1n) is 5.56. The zero-order chi connectivity index (χ0) is 11.5. The van der Waals surface area contributed by atoms with Crippen molar-refractivity contribution in [3.63, 3.8) is 0 Å². The van der Waals surface area contributed by atoms with E-state index in [1.165, 1.54) is 0 Å². The van der Waals surface area contributed by atoms with Gasteiger partial charge < -0.3 is 10.4 Å². The Kier molecular flexibility index (Phi) is 3.95. The highest BCUT2D eigenvalue weighted by molar-refractivity contribution is 6.42. The van der Waals surface area contributed by atoms with Crippen molar-refractivity contribution in [1.82, 2.24) is 0 Å². The second kappa shape index (κ2) is 5.26. The molecular formula is C12H15Cl2NO. The van der Waals surface area contributed by atoms with Crippen LogP contribution in [-0.4, -0.2) is 17.3 Å². The van der Waals surface area contributed by atoms with Gasteiger partial charge in [0, 0.05) is 5.69 Å². The van der Waals surface area contributed by atoms with Crippen LogP contribution in [0.3, 0.4) is 0 Å².